The molecule has 0 aliphatic heterocycles. The molecule has 4 aromatic rings. The minimum Gasteiger partial charge on any atom is -0.352 e. The van der Waals surface area contributed by atoms with Gasteiger partial charge < -0.3 is 9.80 Å². The summed E-state index contributed by atoms with van der Waals surface area (Å²) in [6, 6.07) is 12.0. The molecule has 142 valence electrons. The van der Waals surface area contributed by atoms with Crippen LogP contribution in [0.5, 0.6) is 0 Å². The molecule has 0 aliphatic rings. The molecule has 0 aliphatic carbocycles. The van der Waals surface area contributed by atoms with Gasteiger partial charge in [0.1, 0.15) is 6.33 Å². The molecule has 0 saturated carbocycles. The van der Waals surface area contributed by atoms with Crippen LogP contribution in [0.15, 0.2) is 53.6 Å². The van der Waals surface area contributed by atoms with Gasteiger partial charge in [-0.2, -0.15) is 0 Å². The maximum atomic E-state index is 4.82. The van der Waals surface area contributed by atoms with E-state index < -0.39 is 0 Å². The maximum absolute atomic E-state index is 4.82. The molecular weight excluding hydrogens is 356 g/mol. The lowest BCUT2D eigenvalue weighted by Crippen LogP contribution is -2.28. The van der Waals surface area contributed by atoms with E-state index in [-0.39, 0.29) is 6.04 Å². The minimum absolute atomic E-state index is 0.0431. The summed E-state index contributed by atoms with van der Waals surface area (Å²) in [5, 5.41) is 7.69. The number of hydrogen-bond acceptors (Lipinski definition) is 9. The highest BCUT2D eigenvalue weighted by Crippen LogP contribution is 2.31. The number of fused-ring (bicyclic) bond motifs is 1. The smallest absolute Gasteiger partial charge is 0.245 e. The molecule has 9 heteroatoms. The van der Waals surface area contributed by atoms with Crippen LogP contribution >= 0.6 is 0 Å². The van der Waals surface area contributed by atoms with Crippen molar-refractivity contribution in [3.63, 3.8) is 0 Å². The van der Waals surface area contributed by atoms with Gasteiger partial charge in [-0.15, -0.1) is 0 Å². The summed E-state index contributed by atoms with van der Waals surface area (Å²) in [7, 11) is 3.93. The number of anilines is 2. The van der Waals surface area contributed by atoms with Gasteiger partial charge in [-0.3, -0.25) is 0 Å². The van der Waals surface area contributed by atoms with Gasteiger partial charge in [0.2, 0.25) is 11.3 Å². The summed E-state index contributed by atoms with van der Waals surface area (Å²) < 4.78 is 4.82. The van der Waals surface area contributed by atoms with E-state index in [1.807, 2.05) is 48.2 Å². The zero-order valence-electron chi connectivity index (χ0n) is 15.9. The Morgan fingerprint density at radius 1 is 0.964 bits per heavy atom. The molecule has 1 aromatic carbocycles. The molecule has 4 rings (SSSR count). The average molecular weight is 376 g/mol. The maximum Gasteiger partial charge on any atom is 0.245 e. The SMILES string of the molecule is C[C@H](c1ccncn1)N(C)c1nc2nonc2nc1N(C)Cc1ccccc1. The molecule has 3 aromatic heterocycles. The van der Waals surface area contributed by atoms with Crippen molar-refractivity contribution in [2.75, 3.05) is 23.9 Å². The second-order valence-electron chi connectivity index (χ2n) is 6.55. The van der Waals surface area contributed by atoms with E-state index in [2.05, 4.69) is 49.3 Å². The summed E-state index contributed by atoms with van der Waals surface area (Å²) >= 11 is 0. The third kappa shape index (κ3) is 3.46. The molecule has 28 heavy (non-hydrogen) atoms. The molecular formula is C19H20N8O. The summed E-state index contributed by atoms with van der Waals surface area (Å²) in [6.07, 6.45) is 3.27. The number of nitrogens with zero attached hydrogens (tertiary/aromatic N) is 8. The van der Waals surface area contributed by atoms with E-state index in [4.69, 9.17) is 4.63 Å². The molecule has 0 spiro atoms. The monoisotopic (exact) mass is 376 g/mol. The molecule has 0 N–H and O–H groups in total. The summed E-state index contributed by atoms with van der Waals surface area (Å²) in [6.45, 7) is 2.73. The first-order valence-electron chi connectivity index (χ1n) is 8.87. The zero-order valence-corrected chi connectivity index (χ0v) is 15.9. The molecule has 1 atom stereocenters. The van der Waals surface area contributed by atoms with Crippen LogP contribution in [0, 0.1) is 0 Å². The molecule has 0 amide bonds. The topological polar surface area (TPSA) is 97.0 Å². The van der Waals surface area contributed by atoms with Crippen molar-refractivity contribution in [2.24, 2.45) is 0 Å². The van der Waals surface area contributed by atoms with Gasteiger partial charge in [0.25, 0.3) is 0 Å². The van der Waals surface area contributed by atoms with Crippen LogP contribution in [0.3, 0.4) is 0 Å². The van der Waals surface area contributed by atoms with Gasteiger partial charge >= 0.3 is 0 Å². The summed E-state index contributed by atoms with van der Waals surface area (Å²) in [5.74, 6) is 1.36. The zero-order chi connectivity index (χ0) is 19.5. The van der Waals surface area contributed by atoms with Gasteiger partial charge in [-0.05, 0) is 28.9 Å². The minimum atomic E-state index is -0.0431. The normalized spacial score (nSPS) is 12.1. The van der Waals surface area contributed by atoms with Gasteiger partial charge in [0.05, 0.1) is 11.7 Å². The lowest BCUT2D eigenvalue weighted by molar-refractivity contribution is 0.314. The number of hydrogen-bond donors (Lipinski definition) is 0. The third-order valence-corrected chi connectivity index (χ3v) is 4.65. The first-order valence-corrected chi connectivity index (χ1v) is 8.87. The van der Waals surface area contributed by atoms with Crippen molar-refractivity contribution in [1.82, 2.24) is 30.2 Å². The Morgan fingerprint density at radius 2 is 1.68 bits per heavy atom. The highest BCUT2D eigenvalue weighted by atomic mass is 16.6. The van der Waals surface area contributed by atoms with Gasteiger partial charge in [0.15, 0.2) is 11.6 Å². The standard InChI is InChI=1S/C19H20N8O/c1-13(15-9-10-20-12-21-15)27(3)19-18(22-16-17(23-19)25-28-24-16)26(2)11-14-7-5-4-6-8-14/h4-10,12-13H,11H2,1-3H3/t13-/m1/s1. The summed E-state index contributed by atoms with van der Waals surface area (Å²) in [5.41, 5.74) is 2.80. The van der Waals surface area contributed by atoms with E-state index in [0.717, 1.165) is 5.69 Å². The quantitative estimate of drug-likeness (QED) is 0.503. The van der Waals surface area contributed by atoms with Crippen LogP contribution in [0.25, 0.3) is 11.3 Å². The van der Waals surface area contributed by atoms with E-state index in [9.17, 15) is 0 Å². The lowest BCUT2D eigenvalue weighted by atomic mass is 10.2. The van der Waals surface area contributed by atoms with Crippen molar-refractivity contribution in [3.05, 3.63) is 60.2 Å². The van der Waals surface area contributed by atoms with Crippen LogP contribution in [0.1, 0.15) is 24.2 Å². The first-order chi connectivity index (χ1) is 13.6. The Morgan fingerprint density at radius 3 is 2.36 bits per heavy atom. The van der Waals surface area contributed by atoms with E-state index in [1.165, 1.54) is 5.56 Å². The van der Waals surface area contributed by atoms with Crippen LogP contribution < -0.4 is 9.80 Å². The second-order valence-corrected chi connectivity index (χ2v) is 6.55. The fraction of sp³-hybridized carbons (Fsp3) is 0.263. The molecule has 0 bridgehead atoms. The van der Waals surface area contributed by atoms with Crippen LogP contribution in [0.2, 0.25) is 0 Å². The van der Waals surface area contributed by atoms with E-state index in [0.29, 0.717) is 29.5 Å². The van der Waals surface area contributed by atoms with Crippen molar-refractivity contribution in [1.29, 1.82) is 0 Å². The highest BCUT2D eigenvalue weighted by Gasteiger charge is 2.23. The Balaban J connectivity index is 1.72. The number of rotatable bonds is 6. The Bertz CT molecular complexity index is 1050. The molecule has 3 heterocycles. The summed E-state index contributed by atoms with van der Waals surface area (Å²) in [4.78, 5) is 21.7. The van der Waals surface area contributed by atoms with Crippen molar-refractivity contribution in [2.45, 2.75) is 19.5 Å². The van der Waals surface area contributed by atoms with Gasteiger partial charge in [-0.25, -0.2) is 24.6 Å². The van der Waals surface area contributed by atoms with Gasteiger partial charge in [-0.1, -0.05) is 30.3 Å². The van der Waals surface area contributed by atoms with Crippen LogP contribution in [-0.2, 0) is 6.54 Å². The molecule has 0 radical (unpaired) electrons. The van der Waals surface area contributed by atoms with Crippen molar-refractivity contribution in [3.8, 4) is 0 Å². The molecule has 0 fully saturated rings. The van der Waals surface area contributed by atoms with Crippen molar-refractivity contribution >= 4 is 22.9 Å². The van der Waals surface area contributed by atoms with Crippen LogP contribution in [-0.4, -0.2) is 44.3 Å². The van der Waals surface area contributed by atoms with E-state index in [1.54, 1.807) is 12.5 Å². The fourth-order valence-electron chi connectivity index (χ4n) is 2.98. The fourth-order valence-corrected chi connectivity index (χ4v) is 2.98. The largest absolute Gasteiger partial charge is 0.352 e. The lowest BCUT2D eigenvalue weighted by Gasteiger charge is -2.29. The third-order valence-electron chi connectivity index (χ3n) is 4.65. The molecule has 0 saturated heterocycles. The highest BCUT2D eigenvalue weighted by molar-refractivity contribution is 5.74. The number of aromatic nitrogens is 6. The number of benzene rings is 1. The molecule has 0 unspecified atom stereocenters. The predicted octanol–water partition coefficient (Wildman–Crippen LogP) is 2.64. The predicted molar refractivity (Wildman–Crippen MR) is 105 cm³/mol. The van der Waals surface area contributed by atoms with E-state index >= 15 is 0 Å². The Labute approximate surface area is 162 Å². The molecule has 9 nitrogen and oxygen atoms in total. The first kappa shape index (κ1) is 17.8. The van der Waals surface area contributed by atoms with Crippen LogP contribution in [0.4, 0.5) is 11.6 Å². The second kappa shape index (κ2) is 7.55. The van der Waals surface area contributed by atoms with Gasteiger partial charge in [0, 0.05) is 26.8 Å². The van der Waals surface area contributed by atoms with Crippen molar-refractivity contribution < 1.29 is 4.63 Å². The Hall–Kier alpha value is -3.62. The average Bonchev–Trinajstić information content (AvgIpc) is 3.20. The Kier molecular flexibility index (Phi) is 4.79.